The van der Waals surface area contributed by atoms with Gasteiger partial charge in [0.05, 0.1) is 17.6 Å². The Kier molecular flexibility index (Phi) is 7.48. The van der Waals surface area contributed by atoms with Gasteiger partial charge in [0, 0.05) is 43.0 Å². The lowest BCUT2D eigenvalue weighted by Gasteiger charge is -2.18. The highest BCUT2D eigenvalue weighted by molar-refractivity contribution is 6.49. The minimum atomic E-state index is -0.270. The number of anilines is 2. The number of hydrogen-bond donors (Lipinski definition) is 2. The fourth-order valence-electron chi connectivity index (χ4n) is 5.63. The second-order valence-corrected chi connectivity index (χ2v) is 11.1. The summed E-state index contributed by atoms with van der Waals surface area (Å²) in [5.74, 6) is 1.26. The average Bonchev–Trinajstić information content (AvgIpc) is 3.66. The number of nitrogens with one attached hydrogen (secondary N) is 2. The second-order valence-electron chi connectivity index (χ2n) is 11.1. The molecule has 200 valence electrons. The third kappa shape index (κ3) is 6.24. The van der Waals surface area contributed by atoms with Crippen LogP contribution in [-0.2, 0) is 11.2 Å². The number of aliphatic imine (C=N–C) groups is 1. The van der Waals surface area contributed by atoms with Crippen molar-refractivity contribution in [2.75, 3.05) is 23.7 Å². The lowest BCUT2D eigenvalue weighted by Crippen LogP contribution is -2.28. The molecule has 0 saturated heterocycles. The minimum Gasteiger partial charge on any atom is -0.384 e. The number of pyridine rings is 2. The molecule has 7 nitrogen and oxygen atoms in total. The van der Waals surface area contributed by atoms with Gasteiger partial charge in [0.15, 0.2) is 5.78 Å². The Morgan fingerprint density at radius 1 is 0.872 bits per heavy atom. The molecule has 1 aromatic carbocycles. The summed E-state index contributed by atoms with van der Waals surface area (Å²) in [6.07, 6.45) is 15.2. The number of aromatic nitrogens is 2. The van der Waals surface area contributed by atoms with Crippen LogP contribution in [0.4, 0.5) is 11.4 Å². The predicted molar refractivity (Wildman–Crippen MR) is 154 cm³/mol. The van der Waals surface area contributed by atoms with Crippen LogP contribution in [0.2, 0.25) is 0 Å². The molecule has 0 unspecified atom stereocenters. The summed E-state index contributed by atoms with van der Waals surface area (Å²) in [4.78, 5) is 39.2. The monoisotopic (exact) mass is 521 g/mol. The first-order chi connectivity index (χ1) is 19.1. The molecule has 6 rings (SSSR count). The Labute approximate surface area is 229 Å². The molecule has 0 radical (unpaired) electrons. The van der Waals surface area contributed by atoms with Gasteiger partial charge in [-0.3, -0.25) is 24.5 Å². The standard InChI is InChI=1S/C32H35N5O2/c38-30(12-7-21-3-1-2-4-21)29-11-10-26(20-36-29)37-32(39)31-28-16-24(9-8-23(28)13-14-34-31)25-15-27(19-33-18-25)35-17-22-5-6-22/h8-11,15-16,18-22,35H,1-7,12-14,17H2,(H,37,39). The Hall–Kier alpha value is -3.87. The first-order valence-electron chi connectivity index (χ1n) is 14.3. The number of carbonyl (C=O) groups is 2. The maximum absolute atomic E-state index is 13.3. The van der Waals surface area contributed by atoms with E-state index in [9.17, 15) is 9.59 Å². The van der Waals surface area contributed by atoms with Gasteiger partial charge in [-0.2, -0.15) is 0 Å². The Morgan fingerprint density at radius 2 is 1.74 bits per heavy atom. The highest BCUT2D eigenvalue weighted by Gasteiger charge is 2.23. The van der Waals surface area contributed by atoms with Crippen molar-refractivity contribution in [1.29, 1.82) is 0 Å². The van der Waals surface area contributed by atoms with E-state index in [0.717, 1.165) is 53.2 Å². The summed E-state index contributed by atoms with van der Waals surface area (Å²) in [6.45, 7) is 1.56. The van der Waals surface area contributed by atoms with Crippen LogP contribution in [0.5, 0.6) is 0 Å². The summed E-state index contributed by atoms with van der Waals surface area (Å²) in [6, 6.07) is 11.8. The van der Waals surface area contributed by atoms with Gasteiger partial charge in [0.2, 0.25) is 0 Å². The van der Waals surface area contributed by atoms with E-state index in [-0.39, 0.29) is 11.7 Å². The van der Waals surface area contributed by atoms with Gasteiger partial charge < -0.3 is 10.6 Å². The van der Waals surface area contributed by atoms with E-state index < -0.39 is 0 Å². The predicted octanol–water partition coefficient (Wildman–Crippen LogP) is 6.10. The normalized spacial score (nSPS) is 16.9. The third-order valence-corrected chi connectivity index (χ3v) is 8.16. The number of benzene rings is 1. The van der Waals surface area contributed by atoms with E-state index in [1.807, 2.05) is 18.5 Å². The summed E-state index contributed by atoms with van der Waals surface area (Å²) < 4.78 is 0. The average molecular weight is 522 g/mol. The lowest BCUT2D eigenvalue weighted by molar-refractivity contribution is -0.110. The molecule has 39 heavy (non-hydrogen) atoms. The summed E-state index contributed by atoms with van der Waals surface area (Å²) in [5, 5.41) is 6.42. The van der Waals surface area contributed by atoms with Crippen molar-refractivity contribution in [1.82, 2.24) is 9.97 Å². The largest absolute Gasteiger partial charge is 0.384 e. The SMILES string of the molecule is O=C(Nc1ccc(C(=O)CCC2CCCC2)nc1)C1=NCCc2ccc(-c3cncc(NCC4CC4)c3)cc21. The molecule has 1 amide bonds. The molecule has 0 atom stereocenters. The summed E-state index contributed by atoms with van der Waals surface area (Å²) in [5.41, 5.74) is 6.40. The van der Waals surface area contributed by atoms with Gasteiger partial charge in [0.1, 0.15) is 11.4 Å². The minimum absolute atomic E-state index is 0.0687. The molecular weight excluding hydrogens is 486 g/mol. The van der Waals surface area contributed by atoms with Gasteiger partial charge >= 0.3 is 0 Å². The van der Waals surface area contributed by atoms with E-state index in [1.54, 1.807) is 18.3 Å². The van der Waals surface area contributed by atoms with E-state index in [1.165, 1.54) is 38.5 Å². The number of amides is 1. The fraction of sp³-hybridized carbons (Fsp3) is 0.406. The summed E-state index contributed by atoms with van der Waals surface area (Å²) in [7, 11) is 0. The van der Waals surface area contributed by atoms with Crippen LogP contribution in [0.25, 0.3) is 11.1 Å². The topological polar surface area (TPSA) is 96.3 Å². The van der Waals surface area contributed by atoms with Crippen LogP contribution in [-0.4, -0.2) is 40.5 Å². The van der Waals surface area contributed by atoms with Crippen LogP contribution in [0.3, 0.4) is 0 Å². The molecule has 0 spiro atoms. The summed E-state index contributed by atoms with van der Waals surface area (Å²) >= 11 is 0. The molecule has 2 aliphatic carbocycles. The molecule has 2 aromatic heterocycles. The number of hydrogen-bond acceptors (Lipinski definition) is 6. The van der Waals surface area contributed by atoms with Crippen molar-refractivity contribution in [3.63, 3.8) is 0 Å². The van der Waals surface area contributed by atoms with Crippen LogP contribution >= 0.6 is 0 Å². The van der Waals surface area contributed by atoms with Crippen LogP contribution in [0.15, 0.2) is 60.0 Å². The molecule has 1 aliphatic heterocycles. The van der Waals surface area contributed by atoms with Crippen molar-refractivity contribution in [2.24, 2.45) is 16.8 Å². The first kappa shape index (κ1) is 25.4. The fourth-order valence-corrected chi connectivity index (χ4v) is 5.63. The molecular formula is C32H35N5O2. The van der Waals surface area contributed by atoms with Crippen LogP contribution < -0.4 is 10.6 Å². The van der Waals surface area contributed by atoms with E-state index in [2.05, 4.69) is 43.8 Å². The molecule has 2 N–H and O–H groups in total. The lowest BCUT2D eigenvalue weighted by atomic mass is 9.93. The zero-order valence-corrected chi connectivity index (χ0v) is 22.3. The molecule has 3 aliphatic rings. The van der Waals surface area contributed by atoms with Gasteiger partial charge in [-0.1, -0.05) is 37.8 Å². The number of nitrogens with zero attached hydrogens (tertiary/aromatic N) is 3. The van der Waals surface area contributed by atoms with Crippen LogP contribution in [0, 0.1) is 11.8 Å². The van der Waals surface area contributed by atoms with Crippen molar-refractivity contribution < 1.29 is 9.59 Å². The van der Waals surface area contributed by atoms with Gasteiger partial charge in [-0.15, -0.1) is 0 Å². The molecule has 3 heterocycles. The highest BCUT2D eigenvalue weighted by Crippen LogP contribution is 2.31. The Balaban J connectivity index is 1.13. The first-order valence-corrected chi connectivity index (χ1v) is 14.3. The molecule has 0 bridgehead atoms. The van der Waals surface area contributed by atoms with Crippen molar-refractivity contribution in [2.45, 2.75) is 57.8 Å². The van der Waals surface area contributed by atoms with E-state index in [0.29, 0.717) is 36.0 Å². The van der Waals surface area contributed by atoms with Crippen molar-refractivity contribution >= 4 is 28.8 Å². The second kappa shape index (κ2) is 11.5. The highest BCUT2D eigenvalue weighted by atomic mass is 16.2. The number of Topliss-reactive ketones (excluding diaryl/α,β-unsaturated/α-hetero) is 1. The number of fused-ring (bicyclic) bond motifs is 1. The number of carbonyl (C=O) groups excluding carboxylic acids is 2. The van der Waals surface area contributed by atoms with Gasteiger partial charge in [0.25, 0.3) is 5.91 Å². The Bertz CT molecular complexity index is 1390. The van der Waals surface area contributed by atoms with Crippen LogP contribution in [0.1, 0.15) is 73.0 Å². The number of ketones is 1. The maximum Gasteiger partial charge on any atom is 0.274 e. The maximum atomic E-state index is 13.3. The molecule has 7 heteroatoms. The van der Waals surface area contributed by atoms with Gasteiger partial charge in [-0.25, -0.2) is 0 Å². The third-order valence-electron chi connectivity index (χ3n) is 8.16. The molecule has 2 fully saturated rings. The zero-order valence-electron chi connectivity index (χ0n) is 22.3. The smallest absolute Gasteiger partial charge is 0.274 e. The number of rotatable bonds is 10. The van der Waals surface area contributed by atoms with Crippen molar-refractivity contribution in [3.8, 4) is 11.1 Å². The van der Waals surface area contributed by atoms with Crippen molar-refractivity contribution in [3.05, 3.63) is 71.8 Å². The van der Waals surface area contributed by atoms with E-state index >= 15 is 0 Å². The van der Waals surface area contributed by atoms with Gasteiger partial charge in [-0.05, 0) is 72.9 Å². The Morgan fingerprint density at radius 3 is 2.54 bits per heavy atom. The molecule has 3 aromatic rings. The zero-order chi connectivity index (χ0) is 26.6. The molecule has 2 saturated carbocycles. The quantitative estimate of drug-likeness (QED) is 0.314. The van der Waals surface area contributed by atoms with E-state index in [4.69, 9.17) is 0 Å².